The summed E-state index contributed by atoms with van der Waals surface area (Å²) in [5.41, 5.74) is -0.106. The third-order valence-corrected chi connectivity index (χ3v) is 16.2. The summed E-state index contributed by atoms with van der Waals surface area (Å²) in [6.45, 7) is 9.55. The second-order valence-electron chi connectivity index (χ2n) is 19.1. The maximum atomic E-state index is 12.6. The molecule has 8 aliphatic rings. The Bertz CT molecular complexity index is 1510. The first-order valence-corrected chi connectivity index (χ1v) is 21.2. The van der Waals surface area contributed by atoms with E-state index in [4.69, 9.17) is 33.2 Å². The van der Waals surface area contributed by atoms with Crippen LogP contribution in [0.3, 0.4) is 0 Å². The van der Waals surface area contributed by atoms with Crippen LogP contribution >= 0.6 is 0 Å². The fourth-order valence-electron chi connectivity index (χ4n) is 12.7. The Kier molecular flexibility index (Phi) is 11.5. The van der Waals surface area contributed by atoms with Gasteiger partial charge in [0.05, 0.1) is 30.0 Å². The molecule has 16 heteroatoms. The minimum absolute atomic E-state index is 0.00618. The van der Waals surface area contributed by atoms with Gasteiger partial charge in [-0.1, -0.05) is 13.8 Å². The first-order valence-electron chi connectivity index (χ1n) is 21.2. The van der Waals surface area contributed by atoms with E-state index >= 15 is 0 Å². The fourth-order valence-corrected chi connectivity index (χ4v) is 12.7. The van der Waals surface area contributed by atoms with E-state index in [0.717, 1.165) is 56.9 Å². The van der Waals surface area contributed by atoms with Crippen molar-refractivity contribution in [1.82, 2.24) is 0 Å². The van der Waals surface area contributed by atoms with Crippen LogP contribution in [0.5, 0.6) is 0 Å². The maximum absolute atomic E-state index is 12.6. The Morgan fingerprint density at radius 3 is 1.81 bits per heavy atom. The van der Waals surface area contributed by atoms with Gasteiger partial charge in [0.25, 0.3) is 0 Å². The Morgan fingerprint density at radius 2 is 1.21 bits per heavy atom. The van der Waals surface area contributed by atoms with Crippen LogP contribution in [-0.2, 0) is 38.0 Å². The molecule has 57 heavy (non-hydrogen) atoms. The third kappa shape index (κ3) is 6.95. The molecule has 3 saturated heterocycles. The molecule has 324 valence electrons. The Labute approximate surface area is 333 Å². The lowest BCUT2D eigenvalue weighted by Gasteiger charge is -2.64. The van der Waals surface area contributed by atoms with E-state index < -0.39 is 97.7 Å². The van der Waals surface area contributed by atoms with Crippen LogP contribution in [0.15, 0.2) is 11.6 Å². The molecule has 0 aromatic rings. The van der Waals surface area contributed by atoms with E-state index in [1.165, 1.54) is 13.8 Å². The molecule has 8 N–H and O–H groups in total. The Balaban J connectivity index is 0.909. The summed E-state index contributed by atoms with van der Waals surface area (Å²) in [5.74, 6) is 0.688. The number of ether oxygens (including phenoxy) is 7. The molecule has 0 spiro atoms. The molecule has 23 atom stereocenters. The molecule has 4 heterocycles. The van der Waals surface area contributed by atoms with E-state index in [-0.39, 0.29) is 34.7 Å². The lowest BCUT2D eigenvalue weighted by molar-refractivity contribution is -0.377. The van der Waals surface area contributed by atoms with Crippen LogP contribution in [0.2, 0.25) is 0 Å². The zero-order valence-corrected chi connectivity index (χ0v) is 33.5. The zero-order valence-electron chi connectivity index (χ0n) is 33.5. The zero-order chi connectivity index (χ0) is 40.9. The van der Waals surface area contributed by atoms with Gasteiger partial charge in [-0.25, -0.2) is 4.79 Å². The van der Waals surface area contributed by atoms with Crippen LogP contribution in [0, 0.1) is 34.5 Å². The summed E-state index contributed by atoms with van der Waals surface area (Å²) in [4.78, 5) is 12.0. The summed E-state index contributed by atoms with van der Waals surface area (Å²) in [5, 5.41) is 88.5. The van der Waals surface area contributed by atoms with Gasteiger partial charge >= 0.3 is 5.97 Å². The largest absolute Gasteiger partial charge is 0.458 e. The molecule has 0 bridgehead atoms. The smallest absolute Gasteiger partial charge is 0.331 e. The van der Waals surface area contributed by atoms with Crippen molar-refractivity contribution >= 4 is 5.97 Å². The maximum Gasteiger partial charge on any atom is 0.331 e. The quantitative estimate of drug-likeness (QED) is 0.126. The van der Waals surface area contributed by atoms with Gasteiger partial charge in [0, 0.05) is 11.5 Å². The second-order valence-corrected chi connectivity index (χ2v) is 19.1. The summed E-state index contributed by atoms with van der Waals surface area (Å²) in [6.07, 6.45) is -11.3. The molecular weight excluding hydrogens is 748 g/mol. The van der Waals surface area contributed by atoms with Gasteiger partial charge in [-0.15, -0.1) is 0 Å². The van der Waals surface area contributed by atoms with Crippen LogP contribution in [0.25, 0.3) is 0 Å². The number of aliphatic hydroxyl groups excluding tert-OH is 7. The number of fused-ring (bicyclic) bond motifs is 5. The minimum Gasteiger partial charge on any atom is -0.458 e. The van der Waals surface area contributed by atoms with Crippen LogP contribution < -0.4 is 0 Å². The number of rotatable bonds is 7. The van der Waals surface area contributed by atoms with Gasteiger partial charge in [0.1, 0.15) is 61.5 Å². The lowest BCUT2D eigenvalue weighted by atomic mass is 9.43. The molecule has 4 aliphatic heterocycles. The van der Waals surface area contributed by atoms with Crippen molar-refractivity contribution < 1.29 is 78.8 Å². The summed E-state index contributed by atoms with van der Waals surface area (Å²) in [7, 11) is 0. The van der Waals surface area contributed by atoms with Gasteiger partial charge in [-0.05, 0) is 113 Å². The number of hydrogen-bond donors (Lipinski definition) is 8. The average molecular weight is 813 g/mol. The van der Waals surface area contributed by atoms with Crippen LogP contribution in [0.4, 0.5) is 0 Å². The van der Waals surface area contributed by atoms with Crippen molar-refractivity contribution in [3.63, 3.8) is 0 Å². The molecule has 0 radical (unpaired) electrons. The van der Waals surface area contributed by atoms with E-state index in [1.54, 1.807) is 13.0 Å². The SMILES string of the molecule is CC1OC(O[C@@H]2[C@H](O)C(O[C@@H]3[C@H](O)C(O[C@H]4CCC5(C)C6CCC7(C)[C@@H](C8=CC(=O)OC8)CC[C@]7(O)C6CC[C@@H]5C4)OC(C)[C@@H]3O)OC(C)[C@@H]2O)[C@@H](O)[C@@H](O)[C@H]1O. The second kappa shape index (κ2) is 15.5. The van der Waals surface area contributed by atoms with Crippen molar-refractivity contribution in [1.29, 1.82) is 0 Å². The van der Waals surface area contributed by atoms with Gasteiger partial charge < -0.3 is 74.0 Å². The molecule has 7 fully saturated rings. The van der Waals surface area contributed by atoms with E-state index in [2.05, 4.69) is 13.8 Å². The van der Waals surface area contributed by atoms with Crippen molar-refractivity contribution in [2.75, 3.05) is 6.61 Å². The van der Waals surface area contributed by atoms with E-state index in [9.17, 15) is 45.6 Å². The summed E-state index contributed by atoms with van der Waals surface area (Å²) >= 11 is 0. The third-order valence-electron chi connectivity index (χ3n) is 16.2. The monoisotopic (exact) mass is 812 g/mol. The fraction of sp³-hybridized carbons (Fsp3) is 0.927. The molecular formula is C41H64O16. The number of aliphatic hydroxyl groups is 8. The van der Waals surface area contributed by atoms with Crippen molar-refractivity contribution in [2.24, 2.45) is 34.5 Å². The molecule has 0 aromatic heterocycles. The predicted molar refractivity (Wildman–Crippen MR) is 195 cm³/mol. The number of carbonyl (C=O) groups is 1. The van der Waals surface area contributed by atoms with Crippen molar-refractivity contribution in [3.05, 3.63) is 11.6 Å². The number of hydrogen-bond acceptors (Lipinski definition) is 16. The Morgan fingerprint density at radius 1 is 0.632 bits per heavy atom. The van der Waals surface area contributed by atoms with Gasteiger partial charge in [0.15, 0.2) is 18.9 Å². The lowest BCUT2D eigenvalue weighted by Crippen LogP contribution is -2.65. The highest BCUT2D eigenvalue weighted by molar-refractivity contribution is 5.85. The van der Waals surface area contributed by atoms with Gasteiger partial charge in [-0.3, -0.25) is 0 Å². The molecule has 0 aromatic carbocycles. The highest BCUT2D eigenvalue weighted by Gasteiger charge is 2.68. The van der Waals surface area contributed by atoms with E-state index in [1.807, 2.05) is 0 Å². The first kappa shape index (κ1) is 42.3. The summed E-state index contributed by atoms with van der Waals surface area (Å²) < 4.78 is 41.0. The number of cyclic esters (lactones) is 1. The van der Waals surface area contributed by atoms with Crippen LogP contribution in [0.1, 0.15) is 92.4 Å². The normalized spacial score (nSPS) is 56.6. The highest BCUT2D eigenvalue weighted by Crippen LogP contribution is 2.70. The molecule has 16 nitrogen and oxygen atoms in total. The molecule has 4 aliphatic carbocycles. The molecule has 4 saturated carbocycles. The molecule has 0 amide bonds. The van der Waals surface area contributed by atoms with Gasteiger partial charge in [-0.2, -0.15) is 0 Å². The topological polar surface area (TPSA) is 244 Å². The summed E-state index contributed by atoms with van der Waals surface area (Å²) in [6, 6.07) is 0. The van der Waals surface area contributed by atoms with Crippen molar-refractivity contribution in [2.45, 2.75) is 196 Å². The highest BCUT2D eigenvalue weighted by atomic mass is 16.7. The van der Waals surface area contributed by atoms with Gasteiger partial charge in [0.2, 0.25) is 0 Å². The number of esters is 1. The molecule has 8 rings (SSSR count). The predicted octanol–water partition coefficient (Wildman–Crippen LogP) is 0.160. The van der Waals surface area contributed by atoms with Crippen LogP contribution in [-0.4, -0.2) is 157 Å². The van der Waals surface area contributed by atoms with E-state index in [0.29, 0.717) is 24.9 Å². The van der Waals surface area contributed by atoms with Crippen molar-refractivity contribution in [3.8, 4) is 0 Å². The standard InChI is InChI=1S/C41H64O16/c1-17-27(43)30(46)31(47)36(52-17)56-35-29(45)19(3)54-38(33(35)49)57-34-28(44)18(2)53-37(32(34)48)55-22-8-11-39(4)21(15-22)6-7-25-24(39)9-12-40(5)23(10-13-41(25,40)50)20-14-26(42)51-16-20/h14,17-19,21-25,27-38,43-50H,6-13,15-16H2,1-5H3/t17?,18?,19?,21-,22+,23-,24?,25?,27+,28+,29+,30+,31+,32+,33+,34+,35+,36?,37?,38?,39?,40?,41+/m1/s1. The average Bonchev–Trinajstić information content (AvgIpc) is 3.72. The minimum atomic E-state index is -1.70. The number of carbonyl (C=O) groups excluding carboxylic acids is 1. The first-order chi connectivity index (χ1) is 26.9. The molecule has 10 unspecified atom stereocenters. The Hall–Kier alpha value is -1.35.